The quantitative estimate of drug-likeness (QED) is 0.766. The lowest BCUT2D eigenvalue weighted by atomic mass is 10.1. The van der Waals surface area contributed by atoms with Gasteiger partial charge in [-0.25, -0.2) is 0 Å². The second-order valence-corrected chi connectivity index (χ2v) is 4.50. The van der Waals surface area contributed by atoms with E-state index in [4.69, 9.17) is 14.2 Å². The Morgan fingerprint density at radius 2 is 1.81 bits per heavy atom. The molecular weight excluding hydrogens is 268 g/mol. The molecular formula is C17H18O4. The smallest absolute Gasteiger partial charge is 0.310 e. The minimum Gasteiger partial charge on any atom is -0.497 e. The summed E-state index contributed by atoms with van der Waals surface area (Å²) < 4.78 is 15.7. The highest BCUT2D eigenvalue weighted by molar-refractivity contribution is 5.73. The van der Waals surface area contributed by atoms with Crippen LogP contribution in [0.15, 0.2) is 48.5 Å². The van der Waals surface area contributed by atoms with E-state index in [9.17, 15) is 4.79 Å². The molecule has 0 fully saturated rings. The molecule has 0 N–H and O–H groups in total. The first kappa shape index (κ1) is 14.9. The molecule has 0 saturated heterocycles. The Bertz CT molecular complexity index is 593. The minimum atomic E-state index is -0.312. The van der Waals surface area contributed by atoms with Gasteiger partial charge in [0.2, 0.25) is 0 Å². The van der Waals surface area contributed by atoms with Crippen LogP contribution in [0.2, 0.25) is 0 Å². The number of benzene rings is 2. The highest BCUT2D eigenvalue weighted by atomic mass is 16.5. The standard InChI is InChI=1S/C17H18O4/c1-19-15-8-9-16(14(10-15)11-17(18)20-2)21-12-13-6-4-3-5-7-13/h3-10H,11-12H2,1-2H3. The third kappa shape index (κ3) is 4.24. The van der Waals surface area contributed by atoms with Crippen LogP contribution < -0.4 is 9.47 Å². The lowest BCUT2D eigenvalue weighted by Gasteiger charge is -2.12. The number of hydrogen-bond acceptors (Lipinski definition) is 4. The summed E-state index contributed by atoms with van der Waals surface area (Å²) in [6, 6.07) is 15.3. The highest BCUT2D eigenvalue weighted by Crippen LogP contribution is 2.25. The van der Waals surface area contributed by atoms with Crippen molar-refractivity contribution in [1.82, 2.24) is 0 Å². The van der Waals surface area contributed by atoms with E-state index in [0.29, 0.717) is 18.1 Å². The minimum absolute atomic E-state index is 0.151. The van der Waals surface area contributed by atoms with Crippen molar-refractivity contribution in [3.05, 3.63) is 59.7 Å². The second kappa shape index (κ2) is 7.33. The van der Waals surface area contributed by atoms with Gasteiger partial charge in [-0.3, -0.25) is 4.79 Å². The van der Waals surface area contributed by atoms with Crippen LogP contribution in [0.4, 0.5) is 0 Å². The first-order valence-electron chi connectivity index (χ1n) is 6.63. The average Bonchev–Trinajstić information content (AvgIpc) is 2.54. The Kier molecular flexibility index (Phi) is 5.21. The van der Waals surface area contributed by atoms with Gasteiger partial charge in [-0.05, 0) is 23.8 Å². The summed E-state index contributed by atoms with van der Waals surface area (Å²) in [4.78, 5) is 11.5. The lowest BCUT2D eigenvalue weighted by molar-refractivity contribution is -0.139. The first-order valence-corrected chi connectivity index (χ1v) is 6.63. The molecule has 4 nitrogen and oxygen atoms in total. The number of hydrogen-bond donors (Lipinski definition) is 0. The van der Waals surface area contributed by atoms with E-state index >= 15 is 0 Å². The second-order valence-electron chi connectivity index (χ2n) is 4.50. The van der Waals surface area contributed by atoms with Gasteiger partial charge in [-0.15, -0.1) is 0 Å². The van der Waals surface area contributed by atoms with Gasteiger partial charge in [-0.2, -0.15) is 0 Å². The van der Waals surface area contributed by atoms with Crippen LogP contribution in [0.3, 0.4) is 0 Å². The fourth-order valence-electron chi connectivity index (χ4n) is 1.92. The molecule has 0 atom stereocenters. The Morgan fingerprint density at radius 1 is 1.05 bits per heavy atom. The van der Waals surface area contributed by atoms with Crippen molar-refractivity contribution >= 4 is 5.97 Å². The fourth-order valence-corrected chi connectivity index (χ4v) is 1.92. The summed E-state index contributed by atoms with van der Waals surface area (Å²) >= 11 is 0. The van der Waals surface area contributed by atoms with Crippen molar-refractivity contribution in [1.29, 1.82) is 0 Å². The monoisotopic (exact) mass is 286 g/mol. The van der Waals surface area contributed by atoms with Gasteiger partial charge in [0.25, 0.3) is 0 Å². The topological polar surface area (TPSA) is 44.8 Å². The maximum Gasteiger partial charge on any atom is 0.310 e. The van der Waals surface area contributed by atoms with E-state index in [1.807, 2.05) is 30.3 Å². The van der Waals surface area contributed by atoms with Gasteiger partial charge in [0, 0.05) is 5.56 Å². The molecule has 2 aromatic rings. The molecule has 21 heavy (non-hydrogen) atoms. The number of methoxy groups -OCH3 is 2. The summed E-state index contributed by atoms with van der Waals surface area (Å²) in [5, 5.41) is 0. The number of esters is 1. The molecule has 110 valence electrons. The SMILES string of the molecule is COC(=O)Cc1cc(OC)ccc1OCc1ccccc1. The molecule has 4 heteroatoms. The molecule has 0 bridgehead atoms. The van der Waals surface area contributed by atoms with Crippen molar-refractivity contribution in [3.8, 4) is 11.5 Å². The van der Waals surface area contributed by atoms with Gasteiger partial charge < -0.3 is 14.2 Å². The molecule has 0 aliphatic rings. The summed E-state index contributed by atoms with van der Waals surface area (Å²) in [6.45, 7) is 0.446. The molecule has 0 radical (unpaired) electrons. The van der Waals surface area contributed by atoms with Crippen LogP contribution in [0.5, 0.6) is 11.5 Å². The van der Waals surface area contributed by atoms with Gasteiger partial charge >= 0.3 is 5.97 Å². The molecule has 0 spiro atoms. The van der Waals surface area contributed by atoms with Gasteiger partial charge in [-0.1, -0.05) is 30.3 Å². The summed E-state index contributed by atoms with van der Waals surface area (Å²) in [5.41, 5.74) is 1.81. The van der Waals surface area contributed by atoms with Gasteiger partial charge in [0.05, 0.1) is 20.6 Å². The van der Waals surface area contributed by atoms with E-state index in [2.05, 4.69) is 0 Å². The third-order valence-electron chi connectivity index (χ3n) is 3.07. The van der Waals surface area contributed by atoms with Gasteiger partial charge in [0.1, 0.15) is 18.1 Å². The maximum atomic E-state index is 11.5. The number of ether oxygens (including phenoxy) is 3. The largest absolute Gasteiger partial charge is 0.497 e. The molecule has 0 amide bonds. The zero-order valence-corrected chi connectivity index (χ0v) is 12.2. The van der Waals surface area contributed by atoms with Crippen molar-refractivity contribution in [2.24, 2.45) is 0 Å². The maximum absolute atomic E-state index is 11.5. The summed E-state index contributed by atoms with van der Waals surface area (Å²) in [7, 11) is 2.95. The molecule has 0 aliphatic carbocycles. The van der Waals surface area contributed by atoms with Crippen LogP contribution >= 0.6 is 0 Å². The van der Waals surface area contributed by atoms with Crippen molar-refractivity contribution < 1.29 is 19.0 Å². The zero-order valence-electron chi connectivity index (χ0n) is 12.2. The summed E-state index contributed by atoms with van der Waals surface area (Å²) in [5.74, 6) is 1.03. The van der Waals surface area contributed by atoms with Crippen molar-refractivity contribution in [2.45, 2.75) is 13.0 Å². The average molecular weight is 286 g/mol. The third-order valence-corrected chi connectivity index (χ3v) is 3.07. The molecule has 2 rings (SSSR count). The normalized spacial score (nSPS) is 10.0. The van der Waals surface area contributed by atoms with E-state index in [1.165, 1.54) is 7.11 Å². The Labute approximate surface area is 124 Å². The zero-order chi connectivity index (χ0) is 15.1. The molecule has 0 saturated carbocycles. The Balaban J connectivity index is 2.15. The highest BCUT2D eigenvalue weighted by Gasteiger charge is 2.11. The predicted molar refractivity (Wildman–Crippen MR) is 79.5 cm³/mol. The molecule has 0 aliphatic heterocycles. The van der Waals surface area contributed by atoms with E-state index in [1.54, 1.807) is 25.3 Å². The fraction of sp³-hybridized carbons (Fsp3) is 0.235. The van der Waals surface area contributed by atoms with Crippen LogP contribution in [-0.4, -0.2) is 20.2 Å². The van der Waals surface area contributed by atoms with Gasteiger partial charge in [0.15, 0.2) is 0 Å². The molecule has 0 heterocycles. The Morgan fingerprint density at radius 3 is 2.48 bits per heavy atom. The number of rotatable bonds is 6. The van der Waals surface area contributed by atoms with Crippen molar-refractivity contribution in [3.63, 3.8) is 0 Å². The predicted octanol–water partition coefficient (Wildman–Crippen LogP) is 2.99. The number of carbonyl (C=O) groups excluding carboxylic acids is 1. The van der Waals surface area contributed by atoms with Crippen LogP contribution in [0.25, 0.3) is 0 Å². The molecule has 2 aromatic carbocycles. The number of carbonyl (C=O) groups is 1. The van der Waals surface area contributed by atoms with Crippen LogP contribution in [-0.2, 0) is 22.6 Å². The summed E-state index contributed by atoms with van der Waals surface area (Å²) in [6.07, 6.45) is 0.151. The molecule has 0 aromatic heterocycles. The first-order chi connectivity index (χ1) is 10.2. The van der Waals surface area contributed by atoms with Crippen molar-refractivity contribution in [2.75, 3.05) is 14.2 Å². The Hall–Kier alpha value is -2.49. The van der Waals surface area contributed by atoms with Crippen LogP contribution in [0, 0.1) is 0 Å². The van der Waals surface area contributed by atoms with E-state index < -0.39 is 0 Å². The van der Waals surface area contributed by atoms with E-state index in [-0.39, 0.29) is 12.4 Å². The van der Waals surface area contributed by atoms with E-state index in [0.717, 1.165) is 11.1 Å². The molecule has 0 unspecified atom stereocenters. The van der Waals surface area contributed by atoms with Crippen LogP contribution in [0.1, 0.15) is 11.1 Å². The lowest BCUT2D eigenvalue weighted by Crippen LogP contribution is -2.07.